The third kappa shape index (κ3) is 1.83. The summed E-state index contributed by atoms with van der Waals surface area (Å²) in [6.07, 6.45) is 8.48. The van der Waals surface area contributed by atoms with Crippen LogP contribution in [0, 0.1) is 0 Å². The highest BCUT2D eigenvalue weighted by molar-refractivity contribution is 6.32. The number of allylic oxidation sites excluding steroid dienone is 2. The zero-order valence-electron chi connectivity index (χ0n) is 10.2. The molecule has 0 spiro atoms. The first-order valence-corrected chi connectivity index (χ1v) is 6.45. The summed E-state index contributed by atoms with van der Waals surface area (Å²) in [6.45, 7) is 0. The Morgan fingerprint density at radius 2 is 1.83 bits per heavy atom. The van der Waals surface area contributed by atoms with Crippen molar-refractivity contribution in [3.63, 3.8) is 0 Å². The van der Waals surface area contributed by atoms with Crippen molar-refractivity contribution in [2.24, 2.45) is 0 Å². The van der Waals surface area contributed by atoms with Crippen LogP contribution in [0.2, 0.25) is 0 Å². The van der Waals surface area contributed by atoms with Crippen LogP contribution >= 0.6 is 11.6 Å². The third-order valence-corrected chi connectivity index (χ3v) is 3.90. The van der Waals surface area contributed by atoms with Gasteiger partial charge in [0.2, 0.25) is 0 Å². The molecule has 0 aromatic heterocycles. The second-order valence-corrected chi connectivity index (χ2v) is 4.93. The maximum absolute atomic E-state index is 6.47. The zero-order valence-corrected chi connectivity index (χ0v) is 10.9. The molecule has 0 saturated carbocycles. The molecule has 2 aliphatic rings. The monoisotopic (exact) mass is 258 g/mol. The van der Waals surface area contributed by atoms with Gasteiger partial charge in [-0.2, -0.15) is 0 Å². The number of likely N-dealkylation sites (N-methyl/N-ethyl adjacent to an activating group) is 1. The van der Waals surface area contributed by atoms with E-state index in [1.54, 1.807) is 0 Å². The van der Waals surface area contributed by atoms with Crippen molar-refractivity contribution in [3.8, 4) is 0 Å². The Morgan fingerprint density at radius 3 is 2.61 bits per heavy atom. The van der Waals surface area contributed by atoms with E-state index in [4.69, 9.17) is 11.6 Å². The first kappa shape index (κ1) is 11.4. The lowest BCUT2D eigenvalue weighted by atomic mass is 9.98. The van der Waals surface area contributed by atoms with Crippen molar-refractivity contribution >= 4 is 17.3 Å². The van der Waals surface area contributed by atoms with Crippen LogP contribution < -0.4 is 5.32 Å². The summed E-state index contributed by atoms with van der Waals surface area (Å²) in [5.74, 6) is 0. The van der Waals surface area contributed by atoms with E-state index in [0.29, 0.717) is 0 Å². The molecule has 2 unspecified atom stereocenters. The Bertz CT molecular complexity index is 531. The summed E-state index contributed by atoms with van der Waals surface area (Å²) in [4.78, 5) is 2.12. The molecule has 0 fully saturated rings. The Labute approximate surface area is 112 Å². The number of nitrogens with one attached hydrogen (secondary N) is 1. The molecule has 1 aromatic carbocycles. The molecule has 3 heteroatoms. The molecule has 18 heavy (non-hydrogen) atoms. The van der Waals surface area contributed by atoms with Crippen LogP contribution in [0.3, 0.4) is 0 Å². The summed E-state index contributed by atoms with van der Waals surface area (Å²) in [5, 5.41) is 4.29. The minimum Gasteiger partial charge on any atom is -0.373 e. The molecule has 1 aliphatic heterocycles. The average molecular weight is 259 g/mol. The number of hydrogen-bond donors (Lipinski definition) is 1. The number of hydrogen-bond acceptors (Lipinski definition) is 2. The van der Waals surface area contributed by atoms with E-state index in [2.05, 4.69) is 46.7 Å². The molecule has 0 saturated heterocycles. The fourth-order valence-electron chi connectivity index (χ4n) is 2.44. The van der Waals surface area contributed by atoms with E-state index in [-0.39, 0.29) is 12.1 Å². The van der Waals surface area contributed by atoms with Gasteiger partial charge in [0.05, 0.1) is 17.8 Å². The smallest absolute Gasteiger partial charge is 0.129 e. The van der Waals surface area contributed by atoms with Crippen LogP contribution in [0.25, 0.3) is 5.70 Å². The van der Waals surface area contributed by atoms with E-state index >= 15 is 0 Å². The summed E-state index contributed by atoms with van der Waals surface area (Å²) < 4.78 is 0. The van der Waals surface area contributed by atoms with Crippen molar-refractivity contribution in [1.82, 2.24) is 10.2 Å². The minimum atomic E-state index is 0.276. The maximum Gasteiger partial charge on any atom is 0.129 e. The second-order valence-electron chi connectivity index (χ2n) is 4.57. The topological polar surface area (TPSA) is 15.3 Å². The first-order chi connectivity index (χ1) is 8.77. The summed E-state index contributed by atoms with van der Waals surface area (Å²) in [6, 6.07) is 10.8. The minimum absolute atomic E-state index is 0.276. The molecule has 1 aliphatic carbocycles. The third-order valence-electron chi connectivity index (χ3n) is 3.44. The van der Waals surface area contributed by atoms with Crippen molar-refractivity contribution < 1.29 is 0 Å². The Balaban J connectivity index is 2.02. The molecule has 0 bridgehead atoms. The second kappa shape index (κ2) is 4.54. The molecule has 1 N–H and O–H groups in total. The standard InChI is InChI=1S/C15H15ClN2/c1-18-13-10-6-5-9-12(13)17-14(15(18)16)11-7-3-2-4-8-11/h2-10,12-13,17H,1H3. The van der Waals surface area contributed by atoms with Crippen LogP contribution in [0.4, 0.5) is 0 Å². The van der Waals surface area contributed by atoms with Gasteiger partial charge in [0, 0.05) is 12.6 Å². The number of nitrogens with zero attached hydrogens (tertiary/aromatic N) is 1. The Hall–Kier alpha value is -1.67. The first-order valence-electron chi connectivity index (χ1n) is 6.07. The number of benzene rings is 1. The Kier molecular flexibility index (Phi) is 2.88. The molecule has 2 nitrogen and oxygen atoms in total. The van der Waals surface area contributed by atoms with Gasteiger partial charge in [0.25, 0.3) is 0 Å². The highest BCUT2D eigenvalue weighted by Crippen LogP contribution is 2.30. The van der Waals surface area contributed by atoms with Crippen LogP contribution in [0.5, 0.6) is 0 Å². The molecular formula is C15H15ClN2. The van der Waals surface area contributed by atoms with E-state index in [0.717, 1.165) is 16.4 Å². The van der Waals surface area contributed by atoms with Gasteiger partial charge in [-0.1, -0.05) is 66.2 Å². The van der Waals surface area contributed by atoms with Crippen LogP contribution in [0.15, 0.2) is 59.8 Å². The van der Waals surface area contributed by atoms with Gasteiger partial charge in [-0.15, -0.1) is 0 Å². The van der Waals surface area contributed by atoms with Crippen molar-refractivity contribution in [2.45, 2.75) is 12.1 Å². The van der Waals surface area contributed by atoms with Gasteiger partial charge in [0.15, 0.2) is 0 Å². The quantitative estimate of drug-likeness (QED) is 0.780. The maximum atomic E-state index is 6.47. The fraction of sp³-hybridized carbons (Fsp3) is 0.200. The van der Waals surface area contributed by atoms with E-state index < -0.39 is 0 Å². The average Bonchev–Trinajstić information content (AvgIpc) is 2.44. The van der Waals surface area contributed by atoms with Gasteiger partial charge >= 0.3 is 0 Å². The molecule has 2 atom stereocenters. The molecule has 0 amide bonds. The zero-order chi connectivity index (χ0) is 12.5. The van der Waals surface area contributed by atoms with E-state index in [1.807, 2.05) is 25.2 Å². The van der Waals surface area contributed by atoms with Gasteiger partial charge in [-0.3, -0.25) is 0 Å². The predicted octanol–water partition coefficient (Wildman–Crippen LogP) is 2.95. The van der Waals surface area contributed by atoms with E-state index in [1.165, 1.54) is 0 Å². The predicted molar refractivity (Wildman–Crippen MR) is 76.0 cm³/mol. The summed E-state index contributed by atoms with van der Waals surface area (Å²) >= 11 is 6.47. The van der Waals surface area contributed by atoms with Crippen LogP contribution in [0.1, 0.15) is 5.56 Å². The lowest BCUT2D eigenvalue weighted by Gasteiger charge is -2.40. The molecule has 1 heterocycles. The van der Waals surface area contributed by atoms with Crippen LogP contribution in [-0.2, 0) is 0 Å². The molecule has 92 valence electrons. The van der Waals surface area contributed by atoms with E-state index in [9.17, 15) is 0 Å². The lowest BCUT2D eigenvalue weighted by Crippen LogP contribution is -2.50. The van der Waals surface area contributed by atoms with Gasteiger partial charge in [-0.05, 0) is 0 Å². The SMILES string of the molecule is CN1C(Cl)=C(c2ccccc2)NC2C=CC=CC21. The molecule has 1 aromatic rings. The van der Waals surface area contributed by atoms with Crippen LogP contribution in [-0.4, -0.2) is 24.0 Å². The summed E-state index contributed by atoms with van der Waals surface area (Å²) in [5.41, 5.74) is 2.12. The largest absolute Gasteiger partial charge is 0.373 e. The molecular weight excluding hydrogens is 244 g/mol. The van der Waals surface area contributed by atoms with Gasteiger partial charge in [-0.25, -0.2) is 0 Å². The highest BCUT2D eigenvalue weighted by atomic mass is 35.5. The fourth-order valence-corrected chi connectivity index (χ4v) is 2.72. The molecule has 0 radical (unpaired) electrons. The van der Waals surface area contributed by atoms with Gasteiger partial charge in [0.1, 0.15) is 5.16 Å². The normalized spacial score (nSPS) is 26.0. The molecule has 3 rings (SSSR count). The van der Waals surface area contributed by atoms with Crippen molar-refractivity contribution in [2.75, 3.05) is 7.05 Å². The summed E-state index contributed by atoms with van der Waals surface area (Å²) in [7, 11) is 2.04. The highest BCUT2D eigenvalue weighted by Gasteiger charge is 2.31. The number of rotatable bonds is 1. The lowest BCUT2D eigenvalue weighted by molar-refractivity contribution is 0.315. The van der Waals surface area contributed by atoms with Gasteiger partial charge < -0.3 is 10.2 Å². The van der Waals surface area contributed by atoms with Crippen molar-refractivity contribution in [1.29, 1.82) is 0 Å². The number of halogens is 1. The number of fused-ring (bicyclic) bond motifs is 1. The van der Waals surface area contributed by atoms with Crippen molar-refractivity contribution in [3.05, 3.63) is 65.4 Å². The Morgan fingerprint density at radius 1 is 1.11 bits per heavy atom.